The molecule has 4 nitrogen and oxygen atoms in total. The highest BCUT2D eigenvalue weighted by molar-refractivity contribution is 7.21. The van der Waals surface area contributed by atoms with E-state index in [1.165, 1.54) is 6.07 Å². The lowest BCUT2D eigenvalue weighted by Gasteiger charge is -2.06. The first kappa shape index (κ1) is 11.9. The van der Waals surface area contributed by atoms with E-state index in [2.05, 4.69) is 0 Å². The molecule has 19 heavy (non-hydrogen) atoms. The highest BCUT2D eigenvalue weighted by Gasteiger charge is 2.15. The summed E-state index contributed by atoms with van der Waals surface area (Å²) in [6, 6.07) is 7.31. The van der Waals surface area contributed by atoms with Crippen LogP contribution in [0.3, 0.4) is 0 Å². The van der Waals surface area contributed by atoms with Gasteiger partial charge < -0.3 is 9.67 Å². The smallest absolute Gasteiger partial charge is 0.345 e. The van der Waals surface area contributed by atoms with Gasteiger partial charge in [0.1, 0.15) is 4.88 Å². The molecular weight excluding hydrogens is 262 g/mol. The maximum atomic E-state index is 12.3. The number of aryl methyl sites for hydroxylation is 2. The van der Waals surface area contributed by atoms with Crippen LogP contribution in [0.15, 0.2) is 29.1 Å². The van der Waals surface area contributed by atoms with E-state index in [0.29, 0.717) is 5.39 Å². The first-order chi connectivity index (χ1) is 8.99. The molecule has 5 heteroatoms. The van der Waals surface area contributed by atoms with Gasteiger partial charge in [0.25, 0.3) is 5.56 Å². The molecule has 0 fully saturated rings. The molecule has 2 aromatic heterocycles. The van der Waals surface area contributed by atoms with Gasteiger partial charge >= 0.3 is 5.97 Å². The highest BCUT2D eigenvalue weighted by atomic mass is 32.1. The van der Waals surface area contributed by atoms with Crippen LogP contribution in [0.2, 0.25) is 0 Å². The Morgan fingerprint density at radius 2 is 2.00 bits per heavy atom. The number of carbonyl (C=O) groups is 1. The third kappa shape index (κ3) is 1.66. The first-order valence-electron chi connectivity index (χ1n) is 5.75. The number of pyridine rings is 1. The maximum absolute atomic E-state index is 12.3. The van der Waals surface area contributed by atoms with E-state index in [-0.39, 0.29) is 10.4 Å². The number of aromatic nitrogens is 1. The molecule has 0 spiro atoms. The number of carboxylic acid groups (broad SMARTS) is 1. The van der Waals surface area contributed by atoms with E-state index in [9.17, 15) is 9.59 Å². The summed E-state index contributed by atoms with van der Waals surface area (Å²) in [6.07, 6.45) is 0. The van der Waals surface area contributed by atoms with Crippen LogP contribution in [0, 0.1) is 6.92 Å². The fraction of sp³-hybridized carbons (Fsp3) is 0.143. The average molecular weight is 273 g/mol. The normalized spacial score (nSPS) is 11.3. The van der Waals surface area contributed by atoms with Gasteiger partial charge in [-0.25, -0.2) is 4.79 Å². The zero-order valence-electron chi connectivity index (χ0n) is 10.4. The molecule has 0 aliphatic rings. The number of fused-ring (bicyclic) bond motifs is 3. The summed E-state index contributed by atoms with van der Waals surface area (Å²) in [5.41, 5.74) is 1.74. The lowest BCUT2D eigenvalue weighted by Crippen LogP contribution is -2.16. The van der Waals surface area contributed by atoms with Crippen LogP contribution in [-0.2, 0) is 7.05 Å². The number of benzene rings is 1. The molecule has 1 N–H and O–H groups in total. The third-order valence-corrected chi connectivity index (χ3v) is 4.39. The van der Waals surface area contributed by atoms with Gasteiger partial charge in [0.2, 0.25) is 0 Å². The lowest BCUT2D eigenvalue weighted by atomic mass is 10.1. The second kappa shape index (κ2) is 3.93. The second-order valence-electron chi connectivity index (χ2n) is 4.54. The van der Waals surface area contributed by atoms with Gasteiger partial charge in [-0.15, -0.1) is 11.3 Å². The zero-order valence-corrected chi connectivity index (χ0v) is 11.2. The van der Waals surface area contributed by atoms with Crippen molar-refractivity contribution in [2.45, 2.75) is 6.92 Å². The van der Waals surface area contributed by atoms with Crippen molar-refractivity contribution in [1.82, 2.24) is 4.57 Å². The summed E-state index contributed by atoms with van der Waals surface area (Å²) < 4.78 is 2.32. The van der Waals surface area contributed by atoms with E-state index in [1.54, 1.807) is 11.6 Å². The Bertz CT molecular complexity index is 889. The van der Waals surface area contributed by atoms with E-state index in [4.69, 9.17) is 5.11 Å². The van der Waals surface area contributed by atoms with Gasteiger partial charge in [0.05, 0.1) is 15.6 Å². The Hall–Kier alpha value is -2.14. The van der Waals surface area contributed by atoms with Gasteiger partial charge in [-0.3, -0.25) is 4.79 Å². The number of hydrogen-bond acceptors (Lipinski definition) is 3. The molecule has 3 aromatic rings. The number of nitrogens with zero attached hydrogens (tertiary/aromatic N) is 1. The fourth-order valence-corrected chi connectivity index (χ4v) is 3.28. The summed E-state index contributed by atoms with van der Waals surface area (Å²) in [6.45, 7) is 1.96. The number of rotatable bonds is 1. The minimum Gasteiger partial charge on any atom is -0.477 e. The van der Waals surface area contributed by atoms with Gasteiger partial charge in [-0.2, -0.15) is 0 Å². The van der Waals surface area contributed by atoms with E-state index >= 15 is 0 Å². The molecule has 0 radical (unpaired) electrons. The molecule has 0 bridgehead atoms. The number of thiophene rings is 1. The van der Waals surface area contributed by atoms with Crippen molar-refractivity contribution < 1.29 is 9.90 Å². The van der Waals surface area contributed by atoms with Crippen molar-refractivity contribution in [2.24, 2.45) is 7.05 Å². The number of carboxylic acids is 1. The van der Waals surface area contributed by atoms with Gasteiger partial charge in [0.15, 0.2) is 0 Å². The van der Waals surface area contributed by atoms with Crippen LogP contribution in [0.5, 0.6) is 0 Å². The molecule has 96 valence electrons. The topological polar surface area (TPSA) is 59.3 Å². The standard InChI is InChI=1S/C14H11NO3S/c1-7-3-4-8-10(5-7)15(2)13(16)9-6-11(14(17)18)19-12(8)9/h3-6H,1-2H3,(H,17,18). The van der Waals surface area contributed by atoms with Gasteiger partial charge in [0, 0.05) is 12.4 Å². The minimum atomic E-state index is -0.997. The van der Waals surface area contributed by atoms with Crippen LogP contribution >= 0.6 is 11.3 Å². The molecule has 0 saturated carbocycles. The summed E-state index contributed by atoms with van der Waals surface area (Å²) in [5.74, 6) is -0.997. The van der Waals surface area contributed by atoms with Crippen LogP contribution in [0.25, 0.3) is 21.0 Å². The quantitative estimate of drug-likeness (QED) is 0.741. The Kier molecular flexibility index (Phi) is 2.46. The highest BCUT2D eigenvalue weighted by Crippen LogP contribution is 2.30. The summed E-state index contributed by atoms with van der Waals surface area (Å²) >= 11 is 1.15. The Balaban J connectivity index is 2.59. The number of aromatic carboxylic acids is 1. The second-order valence-corrected chi connectivity index (χ2v) is 5.60. The van der Waals surface area contributed by atoms with Crippen LogP contribution in [-0.4, -0.2) is 15.6 Å². The van der Waals surface area contributed by atoms with Crippen LogP contribution < -0.4 is 5.56 Å². The summed E-state index contributed by atoms with van der Waals surface area (Å²) in [7, 11) is 1.71. The van der Waals surface area contributed by atoms with Gasteiger partial charge in [-0.1, -0.05) is 12.1 Å². The molecular formula is C14H11NO3S. The third-order valence-electron chi connectivity index (χ3n) is 3.24. The van der Waals surface area contributed by atoms with E-state index < -0.39 is 5.97 Å². The zero-order chi connectivity index (χ0) is 13.7. The Morgan fingerprint density at radius 1 is 1.26 bits per heavy atom. The first-order valence-corrected chi connectivity index (χ1v) is 6.57. The lowest BCUT2D eigenvalue weighted by molar-refractivity contribution is 0.0702. The monoisotopic (exact) mass is 273 g/mol. The molecule has 0 atom stereocenters. The predicted octanol–water partition coefficient (Wildman–Crippen LogP) is 2.76. The van der Waals surface area contributed by atoms with Crippen molar-refractivity contribution in [2.75, 3.05) is 0 Å². The summed E-state index contributed by atoms with van der Waals surface area (Å²) in [5, 5.41) is 10.5. The fourth-order valence-electron chi connectivity index (χ4n) is 2.26. The van der Waals surface area contributed by atoms with Crippen LogP contribution in [0.1, 0.15) is 15.2 Å². The summed E-state index contributed by atoms with van der Waals surface area (Å²) in [4.78, 5) is 23.5. The molecule has 1 aromatic carbocycles. The number of hydrogen-bond donors (Lipinski definition) is 1. The Labute approximate surface area is 112 Å². The molecule has 0 amide bonds. The molecule has 0 saturated heterocycles. The SMILES string of the molecule is Cc1ccc2c3sc(C(=O)O)cc3c(=O)n(C)c2c1. The van der Waals surface area contributed by atoms with Crippen molar-refractivity contribution >= 4 is 38.3 Å². The van der Waals surface area contributed by atoms with Crippen molar-refractivity contribution in [1.29, 1.82) is 0 Å². The predicted molar refractivity (Wildman–Crippen MR) is 76.3 cm³/mol. The molecule has 0 aliphatic carbocycles. The molecule has 0 unspecified atom stereocenters. The maximum Gasteiger partial charge on any atom is 0.345 e. The van der Waals surface area contributed by atoms with E-state index in [0.717, 1.165) is 32.5 Å². The Morgan fingerprint density at radius 3 is 2.68 bits per heavy atom. The van der Waals surface area contributed by atoms with Crippen LogP contribution in [0.4, 0.5) is 0 Å². The molecule has 3 rings (SSSR count). The van der Waals surface area contributed by atoms with Crippen molar-refractivity contribution in [3.05, 3.63) is 45.1 Å². The van der Waals surface area contributed by atoms with Crippen molar-refractivity contribution in [3.63, 3.8) is 0 Å². The average Bonchev–Trinajstić information content (AvgIpc) is 2.81. The largest absolute Gasteiger partial charge is 0.477 e. The molecule has 0 aliphatic heterocycles. The van der Waals surface area contributed by atoms with Gasteiger partial charge in [-0.05, 0) is 24.6 Å². The minimum absolute atomic E-state index is 0.156. The van der Waals surface area contributed by atoms with Crippen molar-refractivity contribution in [3.8, 4) is 0 Å². The van der Waals surface area contributed by atoms with E-state index in [1.807, 2.05) is 25.1 Å². The molecule has 2 heterocycles.